The van der Waals surface area contributed by atoms with E-state index < -0.39 is 12.1 Å². The predicted molar refractivity (Wildman–Crippen MR) is 184 cm³/mol. The van der Waals surface area contributed by atoms with E-state index in [0.29, 0.717) is 79.4 Å². The van der Waals surface area contributed by atoms with Crippen molar-refractivity contribution in [3.63, 3.8) is 0 Å². The highest BCUT2D eigenvalue weighted by Crippen LogP contribution is 2.29. The molecule has 1 saturated heterocycles. The molecule has 14 heteroatoms. The molecule has 14 nitrogen and oxygen atoms in total. The molecule has 2 amide bonds. The van der Waals surface area contributed by atoms with Gasteiger partial charge in [-0.1, -0.05) is 24.8 Å². The highest BCUT2D eigenvalue weighted by Gasteiger charge is 2.32. The van der Waals surface area contributed by atoms with Gasteiger partial charge in [0.05, 0.1) is 36.4 Å². The summed E-state index contributed by atoms with van der Waals surface area (Å²) in [5, 5.41) is 14.3. The van der Waals surface area contributed by atoms with Crippen molar-refractivity contribution in [3.8, 4) is 17.7 Å². The van der Waals surface area contributed by atoms with Gasteiger partial charge >= 0.3 is 6.09 Å². The van der Waals surface area contributed by atoms with E-state index in [4.69, 9.17) is 9.47 Å². The largest absolute Gasteiger partial charge is 0.479 e. The van der Waals surface area contributed by atoms with Crippen molar-refractivity contribution >= 4 is 46.3 Å². The Morgan fingerprint density at radius 1 is 1.19 bits per heavy atom. The zero-order valence-corrected chi connectivity index (χ0v) is 28.3. The number of unbranched alkanes of at least 4 members (excludes halogenated alkanes) is 1. The van der Waals surface area contributed by atoms with Crippen molar-refractivity contribution in [3.05, 3.63) is 42.1 Å². The molecular formula is C34H45N9O5. The van der Waals surface area contributed by atoms with Crippen molar-refractivity contribution in [2.45, 2.75) is 52.0 Å². The number of rotatable bonds is 14. The standard InChI is InChI=1S/C34H45N9O5/c1-6-18-35-30-24(13-9-8-10-19-36-31(45)28-14-11-21-42(28)29(44)15-12-20-41(3)4)23-37-33(39-30)38-25-16-17-27-26(22-25)32(47-5)40-43(27)34(46)48-7-2/h12,15-17,22-23,28H,6-8,10-11,14,18-21H2,1-5H3,(H,36,45)(H2,35,37,38,39)/b15-12+/t28-/m0/s1. The lowest BCUT2D eigenvalue weighted by Crippen LogP contribution is -2.45. The van der Waals surface area contributed by atoms with Gasteiger partial charge in [-0.3, -0.25) is 9.59 Å². The van der Waals surface area contributed by atoms with Crippen molar-refractivity contribution in [1.82, 2.24) is 34.9 Å². The third-order valence-corrected chi connectivity index (χ3v) is 7.44. The second-order valence-electron chi connectivity index (χ2n) is 11.4. The molecule has 0 unspecified atom stereocenters. The van der Waals surface area contributed by atoms with E-state index in [9.17, 15) is 14.4 Å². The van der Waals surface area contributed by atoms with Crippen LogP contribution in [0.4, 0.5) is 22.2 Å². The maximum absolute atomic E-state index is 12.8. The van der Waals surface area contributed by atoms with Crippen LogP contribution in [0.25, 0.3) is 10.9 Å². The molecule has 256 valence electrons. The first-order valence-electron chi connectivity index (χ1n) is 16.3. The molecule has 0 aliphatic carbocycles. The minimum atomic E-state index is -0.587. The molecule has 1 fully saturated rings. The molecule has 48 heavy (non-hydrogen) atoms. The smallest absolute Gasteiger partial charge is 0.435 e. The second kappa shape index (κ2) is 17.7. The predicted octanol–water partition coefficient (Wildman–Crippen LogP) is 3.76. The number of benzene rings is 1. The van der Waals surface area contributed by atoms with Crippen LogP contribution < -0.4 is 20.7 Å². The average molecular weight is 660 g/mol. The van der Waals surface area contributed by atoms with Crippen molar-refractivity contribution in [2.75, 3.05) is 64.6 Å². The molecule has 3 N–H and O–H groups in total. The van der Waals surface area contributed by atoms with Crippen LogP contribution in [0.5, 0.6) is 5.88 Å². The lowest BCUT2D eigenvalue weighted by Gasteiger charge is -2.22. The van der Waals surface area contributed by atoms with E-state index in [1.54, 1.807) is 42.3 Å². The lowest BCUT2D eigenvalue weighted by molar-refractivity contribution is -0.135. The third kappa shape index (κ3) is 9.45. The first-order chi connectivity index (χ1) is 23.2. The Labute approximate surface area is 281 Å². The number of amides is 2. The topological polar surface area (TPSA) is 156 Å². The average Bonchev–Trinajstić information content (AvgIpc) is 3.71. The minimum absolute atomic E-state index is 0.122. The highest BCUT2D eigenvalue weighted by molar-refractivity contribution is 5.94. The number of nitrogens with zero attached hydrogens (tertiary/aromatic N) is 6. The number of nitrogens with one attached hydrogen (secondary N) is 3. The number of likely N-dealkylation sites (tertiary alicyclic amines) is 1. The van der Waals surface area contributed by atoms with Gasteiger partial charge in [-0.05, 0) is 64.9 Å². The Hall–Kier alpha value is -5.16. The van der Waals surface area contributed by atoms with Gasteiger partial charge in [0, 0.05) is 44.4 Å². The van der Waals surface area contributed by atoms with Crippen LogP contribution in [0.1, 0.15) is 51.5 Å². The van der Waals surface area contributed by atoms with Gasteiger partial charge in [-0.25, -0.2) is 9.78 Å². The monoisotopic (exact) mass is 659 g/mol. The van der Waals surface area contributed by atoms with Gasteiger partial charge in [0.15, 0.2) is 0 Å². The summed E-state index contributed by atoms with van der Waals surface area (Å²) in [6.45, 7) is 6.46. The molecule has 1 aliphatic heterocycles. The molecule has 0 spiro atoms. The van der Waals surface area contributed by atoms with Crippen LogP contribution in [0.15, 0.2) is 36.5 Å². The fraction of sp³-hybridized carbons (Fsp3) is 0.471. The number of methoxy groups -OCH3 is 1. The number of anilines is 3. The summed E-state index contributed by atoms with van der Waals surface area (Å²) in [5.74, 6) is 7.33. The normalized spacial score (nSPS) is 14.2. The third-order valence-electron chi connectivity index (χ3n) is 7.44. The van der Waals surface area contributed by atoms with Gasteiger partial charge in [-0.15, -0.1) is 5.10 Å². The number of fused-ring (bicyclic) bond motifs is 1. The fourth-order valence-corrected chi connectivity index (χ4v) is 5.11. The Bertz CT molecular complexity index is 1670. The summed E-state index contributed by atoms with van der Waals surface area (Å²) in [7, 11) is 5.36. The van der Waals surface area contributed by atoms with Gasteiger partial charge in [-0.2, -0.15) is 9.67 Å². The lowest BCUT2D eigenvalue weighted by atomic mass is 10.2. The van der Waals surface area contributed by atoms with Crippen LogP contribution in [0, 0.1) is 11.8 Å². The molecule has 0 bridgehead atoms. The zero-order valence-electron chi connectivity index (χ0n) is 28.3. The Morgan fingerprint density at radius 3 is 2.77 bits per heavy atom. The van der Waals surface area contributed by atoms with E-state index in [2.05, 4.69) is 49.8 Å². The number of aromatic nitrogens is 4. The van der Waals surface area contributed by atoms with E-state index in [1.807, 2.05) is 25.1 Å². The first-order valence-corrected chi connectivity index (χ1v) is 16.3. The van der Waals surface area contributed by atoms with Crippen LogP contribution >= 0.6 is 0 Å². The summed E-state index contributed by atoms with van der Waals surface area (Å²) < 4.78 is 11.7. The zero-order chi connectivity index (χ0) is 34.5. The van der Waals surface area contributed by atoms with Gasteiger partial charge in [0.1, 0.15) is 11.9 Å². The summed E-state index contributed by atoms with van der Waals surface area (Å²) in [5.41, 5.74) is 1.89. The van der Waals surface area contributed by atoms with Gasteiger partial charge in [0.25, 0.3) is 0 Å². The quantitative estimate of drug-likeness (QED) is 0.132. The molecule has 4 rings (SSSR count). The molecule has 1 aromatic carbocycles. The van der Waals surface area contributed by atoms with Crippen molar-refractivity contribution in [2.24, 2.45) is 0 Å². The Morgan fingerprint density at radius 2 is 2.02 bits per heavy atom. The first kappa shape index (κ1) is 35.7. The Balaban J connectivity index is 1.35. The highest BCUT2D eigenvalue weighted by atomic mass is 16.6. The molecule has 0 radical (unpaired) electrons. The summed E-state index contributed by atoms with van der Waals surface area (Å²) in [6.07, 6.45) is 8.06. The summed E-state index contributed by atoms with van der Waals surface area (Å²) >= 11 is 0. The fourth-order valence-electron chi connectivity index (χ4n) is 5.11. The van der Waals surface area contributed by atoms with Crippen LogP contribution in [0.3, 0.4) is 0 Å². The number of likely N-dealkylation sites (N-methyl/N-ethyl adjacent to an activating group) is 1. The Kier molecular flexibility index (Phi) is 13.1. The summed E-state index contributed by atoms with van der Waals surface area (Å²) in [4.78, 5) is 50.5. The maximum Gasteiger partial charge on any atom is 0.435 e. The van der Waals surface area contributed by atoms with Crippen molar-refractivity contribution in [1.29, 1.82) is 0 Å². The van der Waals surface area contributed by atoms with E-state index in [-0.39, 0.29) is 24.3 Å². The number of carbonyl (C=O) groups excluding carboxylic acids is 3. The molecule has 1 atom stereocenters. The molecular weight excluding hydrogens is 614 g/mol. The van der Waals surface area contributed by atoms with Crippen LogP contribution in [-0.2, 0) is 14.3 Å². The van der Waals surface area contributed by atoms with Crippen LogP contribution in [-0.4, -0.2) is 107 Å². The molecule has 3 heterocycles. The number of ether oxygens (including phenoxy) is 2. The maximum atomic E-state index is 12.8. The van der Waals surface area contributed by atoms with E-state index in [1.165, 1.54) is 11.8 Å². The minimum Gasteiger partial charge on any atom is -0.479 e. The van der Waals surface area contributed by atoms with Crippen molar-refractivity contribution < 1.29 is 23.9 Å². The molecule has 3 aromatic rings. The van der Waals surface area contributed by atoms with Gasteiger partial charge < -0.3 is 35.2 Å². The number of hydrogen-bond acceptors (Lipinski definition) is 11. The SMILES string of the molecule is CCCNc1nc(Nc2ccc3c(c2)c(OC)nn3C(=O)OCC)ncc1C#CCCCNC(=O)[C@@H]1CCCN1C(=O)/C=C/CN(C)C. The van der Waals surface area contributed by atoms with E-state index >= 15 is 0 Å². The number of hydrogen-bond donors (Lipinski definition) is 3. The van der Waals surface area contributed by atoms with Crippen LogP contribution in [0.2, 0.25) is 0 Å². The molecule has 2 aromatic heterocycles. The van der Waals surface area contributed by atoms with Gasteiger partial charge in [0.2, 0.25) is 23.6 Å². The second-order valence-corrected chi connectivity index (χ2v) is 11.4. The molecule has 1 aliphatic rings. The molecule has 0 saturated carbocycles. The summed E-state index contributed by atoms with van der Waals surface area (Å²) in [6, 6.07) is 4.91. The van der Waals surface area contributed by atoms with E-state index in [0.717, 1.165) is 12.8 Å². The number of carbonyl (C=O) groups is 3.